The summed E-state index contributed by atoms with van der Waals surface area (Å²) in [5.74, 6) is -0.794. The lowest BCUT2D eigenvalue weighted by Crippen LogP contribution is -2.27. The van der Waals surface area contributed by atoms with Gasteiger partial charge in [0.2, 0.25) is 10.0 Å². The van der Waals surface area contributed by atoms with Crippen molar-refractivity contribution in [3.8, 4) is 0 Å². The summed E-state index contributed by atoms with van der Waals surface area (Å²) in [6.07, 6.45) is 2.06. The molecule has 0 amide bonds. The Morgan fingerprint density at radius 2 is 2.05 bits per heavy atom. The summed E-state index contributed by atoms with van der Waals surface area (Å²) in [6, 6.07) is 9.21. The van der Waals surface area contributed by atoms with Gasteiger partial charge in [-0.1, -0.05) is 12.1 Å². The van der Waals surface area contributed by atoms with E-state index in [1.165, 1.54) is 12.1 Å². The van der Waals surface area contributed by atoms with Crippen LogP contribution in [0.3, 0.4) is 0 Å². The number of nitrogens with two attached hydrogens (primary N) is 1. The molecule has 0 aliphatic heterocycles. The molecule has 21 heavy (non-hydrogen) atoms. The third kappa shape index (κ3) is 4.07. The molecule has 3 N–H and O–H groups in total. The van der Waals surface area contributed by atoms with Crippen LogP contribution in [-0.2, 0) is 23.0 Å². The van der Waals surface area contributed by atoms with Gasteiger partial charge in [-0.05, 0) is 29.8 Å². The Balaban J connectivity index is 2.08. The van der Waals surface area contributed by atoms with Crippen LogP contribution in [-0.4, -0.2) is 19.9 Å². The van der Waals surface area contributed by atoms with Crippen LogP contribution in [0.25, 0.3) is 0 Å². The molecule has 0 saturated carbocycles. The summed E-state index contributed by atoms with van der Waals surface area (Å²) in [6.45, 7) is 0.294. The van der Waals surface area contributed by atoms with Crippen molar-refractivity contribution in [1.82, 2.24) is 9.71 Å². The Morgan fingerprint density at radius 1 is 1.24 bits per heavy atom. The molecule has 0 unspecified atom stereocenters. The quantitative estimate of drug-likeness (QED) is 0.839. The summed E-state index contributed by atoms with van der Waals surface area (Å²) in [7, 11) is -3.90. The van der Waals surface area contributed by atoms with E-state index in [0.717, 1.165) is 11.8 Å². The first kappa shape index (κ1) is 15.6. The molecule has 0 saturated heterocycles. The predicted octanol–water partition coefficient (Wildman–Crippen LogP) is 1.20. The second-order valence-electron chi connectivity index (χ2n) is 4.44. The fraction of sp³-hybridized carbons (Fsp3) is 0.214. The summed E-state index contributed by atoms with van der Waals surface area (Å²) in [5, 5.41) is 0. The van der Waals surface area contributed by atoms with Gasteiger partial charge in [0, 0.05) is 31.4 Å². The average molecular weight is 309 g/mol. The van der Waals surface area contributed by atoms with E-state index in [9.17, 15) is 12.8 Å². The van der Waals surface area contributed by atoms with Crippen molar-refractivity contribution in [2.45, 2.75) is 17.9 Å². The van der Waals surface area contributed by atoms with Crippen LogP contribution < -0.4 is 10.5 Å². The number of aromatic nitrogens is 1. The average Bonchev–Trinajstić information content (AvgIpc) is 2.48. The number of hydrogen-bond acceptors (Lipinski definition) is 4. The molecule has 7 heteroatoms. The lowest BCUT2D eigenvalue weighted by molar-refractivity contribution is 0.556. The number of benzene rings is 1. The molecule has 0 fully saturated rings. The van der Waals surface area contributed by atoms with E-state index in [1.807, 2.05) is 6.07 Å². The number of halogens is 1. The zero-order valence-corrected chi connectivity index (χ0v) is 12.1. The van der Waals surface area contributed by atoms with Gasteiger partial charge in [0.05, 0.1) is 0 Å². The number of pyridine rings is 1. The van der Waals surface area contributed by atoms with Crippen molar-refractivity contribution in [3.63, 3.8) is 0 Å². The lowest BCUT2D eigenvalue weighted by atomic mass is 10.2. The largest absolute Gasteiger partial charge is 0.326 e. The minimum absolute atomic E-state index is 0.144. The topological polar surface area (TPSA) is 85.1 Å². The van der Waals surface area contributed by atoms with Crippen molar-refractivity contribution >= 4 is 10.0 Å². The summed E-state index contributed by atoms with van der Waals surface area (Å²) >= 11 is 0. The Hall–Kier alpha value is -1.83. The molecule has 5 nitrogen and oxygen atoms in total. The maximum absolute atomic E-state index is 13.7. The summed E-state index contributed by atoms with van der Waals surface area (Å²) < 4.78 is 40.2. The SMILES string of the molecule is NCc1ccc(F)c(S(=O)(=O)NCCc2ccccn2)c1. The first-order chi connectivity index (χ1) is 10.0. The molecular formula is C14H16FN3O2S. The Kier molecular flexibility index (Phi) is 5.00. The Labute approximate surface area is 123 Å². The van der Waals surface area contributed by atoms with E-state index < -0.39 is 15.8 Å². The van der Waals surface area contributed by atoms with Gasteiger partial charge in [-0.3, -0.25) is 4.98 Å². The number of sulfonamides is 1. The molecular weight excluding hydrogens is 293 g/mol. The van der Waals surface area contributed by atoms with Crippen LogP contribution in [0.4, 0.5) is 4.39 Å². The molecule has 0 aliphatic carbocycles. The van der Waals surface area contributed by atoms with Crippen LogP contribution in [0.2, 0.25) is 0 Å². The normalized spacial score (nSPS) is 11.5. The molecule has 2 rings (SSSR count). The van der Waals surface area contributed by atoms with Gasteiger partial charge in [0.1, 0.15) is 10.7 Å². The van der Waals surface area contributed by atoms with Gasteiger partial charge in [0.25, 0.3) is 0 Å². The third-order valence-corrected chi connectivity index (χ3v) is 4.40. The maximum Gasteiger partial charge on any atom is 0.243 e. The van der Waals surface area contributed by atoms with Crippen LogP contribution in [0, 0.1) is 5.82 Å². The highest BCUT2D eigenvalue weighted by molar-refractivity contribution is 7.89. The summed E-state index contributed by atoms with van der Waals surface area (Å²) in [4.78, 5) is 3.71. The van der Waals surface area contributed by atoms with Crippen molar-refractivity contribution < 1.29 is 12.8 Å². The Morgan fingerprint density at radius 3 is 2.71 bits per heavy atom. The molecule has 0 atom stereocenters. The number of nitrogens with one attached hydrogen (secondary N) is 1. The lowest BCUT2D eigenvalue weighted by Gasteiger charge is -2.09. The van der Waals surface area contributed by atoms with E-state index in [4.69, 9.17) is 5.73 Å². The fourth-order valence-electron chi connectivity index (χ4n) is 1.82. The van der Waals surface area contributed by atoms with E-state index >= 15 is 0 Å². The molecule has 0 bridgehead atoms. The van der Waals surface area contributed by atoms with E-state index in [2.05, 4.69) is 9.71 Å². The molecule has 0 aliphatic rings. The first-order valence-corrected chi connectivity index (χ1v) is 7.89. The number of hydrogen-bond donors (Lipinski definition) is 2. The van der Waals surface area contributed by atoms with Crippen molar-refractivity contribution in [1.29, 1.82) is 0 Å². The zero-order valence-electron chi connectivity index (χ0n) is 11.3. The smallest absolute Gasteiger partial charge is 0.243 e. The monoisotopic (exact) mass is 309 g/mol. The van der Waals surface area contributed by atoms with Gasteiger partial charge in [-0.2, -0.15) is 0 Å². The molecule has 112 valence electrons. The maximum atomic E-state index is 13.7. The third-order valence-electron chi connectivity index (χ3n) is 2.92. The van der Waals surface area contributed by atoms with Crippen molar-refractivity contribution in [2.75, 3.05) is 6.54 Å². The predicted molar refractivity (Wildman–Crippen MR) is 77.4 cm³/mol. The Bertz CT molecular complexity index is 705. The summed E-state index contributed by atoms with van der Waals surface area (Å²) in [5.41, 5.74) is 6.76. The second kappa shape index (κ2) is 6.75. The molecule has 1 aromatic heterocycles. The van der Waals surface area contributed by atoms with Crippen LogP contribution in [0.1, 0.15) is 11.3 Å². The fourth-order valence-corrected chi connectivity index (χ4v) is 2.98. The molecule has 1 aromatic carbocycles. The van der Waals surface area contributed by atoms with Gasteiger partial charge in [-0.25, -0.2) is 17.5 Å². The molecule has 2 aromatic rings. The number of nitrogens with zero attached hydrogens (tertiary/aromatic N) is 1. The van der Waals surface area contributed by atoms with Crippen LogP contribution in [0.5, 0.6) is 0 Å². The van der Waals surface area contributed by atoms with Gasteiger partial charge in [-0.15, -0.1) is 0 Å². The van der Waals surface area contributed by atoms with E-state index in [1.54, 1.807) is 18.3 Å². The van der Waals surface area contributed by atoms with Gasteiger partial charge >= 0.3 is 0 Å². The minimum atomic E-state index is -3.90. The van der Waals surface area contributed by atoms with Crippen molar-refractivity contribution in [3.05, 3.63) is 59.7 Å². The van der Waals surface area contributed by atoms with Crippen LogP contribution >= 0.6 is 0 Å². The zero-order chi connectivity index (χ0) is 15.3. The van der Waals surface area contributed by atoms with Crippen LogP contribution in [0.15, 0.2) is 47.5 Å². The molecule has 1 heterocycles. The van der Waals surface area contributed by atoms with Crippen molar-refractivity contribution in [2.24, 2.45) is 5.73 Å². The second-order valence-corrected chi connectivity index (χ2v) is 6.17. The highest BCUT2D eigenvalue weighted by Gasteiger charge is 2.19. The van der Waals surface area contributed by atoms with Gasteiger partial charge in [0.15, 0.2) is 0 Å². The highest BCUT2D eigenvalue weighted by atomic mass is 32.2. The standard InChI is InChI=1S/C14H16FN3O2S/c15-13-5-4-11(10-16)9-14(13)21(19,20)18-8-6-12-3-1-2-7-17-12/h1-5,7,9,18H,6,8,10,16H2. The molecule has 0 radical (unpaired) electrons. The van der Waals surface area contributed by atoms with E-state index in [0.29, 0.717) is 12.0 Å². The highest BCUT2D eigenvalue weighted by Crippen LogP contribution is 2.16. The molecule has 0 spiro atoms. The first-order valence-electron chi connectivity index (χ1n) is 6.41. The van der Waals surface area contributed by atoms with E-state index in [-0.39, 0.29) is 18.0 Å². The minimum Gasteiger partial charge on any atom is -0.326 e. The number of rotatable bonds is 6. The van der Waals surface area contributed by atoms with Gasteiger partial charge < -0.3 is 5.73 Å².